The number of carbonyl (C=O) groups is 9. The Morgan fingerprint density at radius 2 is 1.26 bits per heavy atom. The lowest BCUT2D eigenvalue weighted by Gasteiger charge is -2.54. The molecule has 0 radical (unpaired) electrons. The fraction of sp³-hybridized carbons (Fsp3) is 0.458. The number of aliphatic hydroxyl groups excluding tert-OH is 6. The SMILES string of the molecule is CNCCOc1ccc(OCCNC)c(NC(=O)NC(=O)C[C@@H]2NC(=O)[C@H](NC(=O)[C@@H](CC(C)C)NC)[C@H](O)c3ccc(c(C)c3)Oc3cc4cc(c3O[C@@H]3O[C@H](CO)[C@@H](O)[C@H](O)[C@H]3O)Oc3ccc(cc3Cl)[C@@H](O)[C@@H]3NC(=O)[C@H](NC(=O)[C@@H]4NC2=O)c2ccc(O)c(c2)-c2c(O)cc(O)cc2[C@@H](C(=O)NC2C4CC5CC(C4)CC2C5)NC3=O)c1. The molecule has 10 amide bonds. The van der Waals surface area contributed by atoms with Crippen LogP contribution in [0.25, 0.3) is 11.1 Å². The number of benzene rings is 6. The molecule has 5 fully saturated rings. The van der Waals surface area contributed by atoms with Crippen LogP contribution in [0.5, 0.6) is 57.5 Å². The summed E-state index contributed by atoms with van der Waals surface area (Å²) in [6.45, 7) is 5.29. The van der Waals surface area contributed by atoms with Crippen molar-refractivity contribution in [3.8, 4) is 68.6 Å². The number of phenols is 3. The molecule has 10 aliphatic rings. The van der Waals surface area contributed by atoms with Crippen molar-refractivity contribution in [1.29, 1.82) is 0 Å². The van der Waals surface area contributed by atoms with E-state index in [9.17, 15) is 60.3 Å². The maximum absolute atomic E-state index is 16.5. The number of hydrogen-bond donors (Lipinski definition) is 21. The van der Waals surface area contributed by atoms with Crippen molar-refractivity contribution in [3.63, 3.8) is 0 Å². The number of nitrogens with one attached hydrogen (secondary N) is 12. The summed E-state index contributed by atoms with van der Waals surface area (Å²) in [7, 11) is 4.89. The smallest absolute Gasteiger partial charge is 0.325 e. The minimum Gasteiger partial charge on any atom is -0.508 e. The molecule has 642 valence electrons. The third kappa shape index (κ3) is 19.0. The van der Waals surface area contributed by atoms with Gasteiger partial charge in [-0.2, -0.15) is 0 Å². The number of imide groups is 1. The van der Waals surface area contributed by atoms with Crippen molar-refractivity contribution >= 4 is 70.6 Å². The number of phenolic OH excluding ortho intramolecular Hbond substituents is 3. The third-order valence-corrected chi connectivity index (χ3v) is 23.2. The van der Waals surface area contributed by atoms with Gasteiger partial charge < -0.3 is 133 Å². The molecule has 21 N–H and O–H groups in total. The number of fused-ring (bicyclic) bond motifs is 15. The predicted octanol–water partition coefficient (Wildman–Crippen LogP) is 2.44. The van der Waals surface area contributed by atoms with Crippen LogP contribution in [0.15, 0.2) is 97.1 Å². The molecule has 0 spiro atoms. The second-order valence-corrected chi connectivity index (χ2v) is 32.1. The van der Waals surface area contributed by atoms with Gasteiger partial charge in [0.2, 0.25) is 59.3 Å². The molecule has 0 unspecified atom stereocenters. The normalized spacial score (nSPS) is 27.2. The number of likely N-dealkylation sites (N-methyl/N-ethyl adjacent to an activating group) is 3. The summed E-state index contributed by atoms with van der Waals surface area (Å²) in [6, 6.07) is 3.76. The number of amides is 10. The molecule has 16 rings (SSSR count). The topological polar surface area (TPSA) is 535 Å². The third-order valence-electron chi connectivity index (χ3n) is 22.9. The van der Waals surface area contributed by atoms with E-state index in [0.717, 1.165) is 80.6 Å². The lowest BCUT2D eigenvalue weighted by molar-refractivity contribution is -0.277. The number of halogens is 1. The maximum atomic E-state index is 16.5. The number of rotatable bonds is 21. The van der Waals surface area contributed by atoms with Crippen molar-refractivity contribution in [2.45, 2.75) is 157 Å². The van der Waals surface area contributed by atoms with Crippen LogP contribution in [0.2, 0.25) is 5.02 Å². The Balaban J connectivity index is 0.987. The second-order valence-electron chi connectivity index (χ2n) is 31.7. The van der Waals surface area contributed by atoms with Crippen molar-refractivity contribution in [2.24, 2.45) is 29.6 Å². The molecule has 4 aliphatic carbocycles. The lowest BCUT2D eigenvalue weighted by atomic mass is 9.54. The quantitative estimate of drug-likeness (QED) is 0.0460. The van der Waals surface area contributed by atoms with Crippen LogP contribution in [0.1, 0.15) is 123 Å². The Labute approximate surface area is 693 Å². The minimum atomic E-state index is -2.38. The van der Waals surface area contributed by atoms with Gasteiger partial charge in [-0.3, -0.25) is 43.7 Å². The highest BCUT2D eigenvalue weighted by Gasteiger charge is 2.51. The molecule has 0 aromatic heterocycles. The molecule has 6 aromatic rings. The Hall–Kier alpha value is -11.2. The van der Waals surface area contributed by atoms with Gasteiger partial charge in [-0.05, 0) is 196 Å². The number of anilines is 1. The average Bonchev–Trinajstić information content (AvgIpc) is 0.754. The number of urea groups is 1. The number of ether oxygens (including phenoxy) is 6. The van der Waals surface area contributed by atoms with E-state index < -0.39 is 197 Å². The number of aryl methyl sites for hydroxylation is 1. The molecule has 6 heterocycles. The molecule has 6 aromatic carbocycles. The van der Waals surface area contributed by atoms with Gasteiger partial charge in [0.05, 0.1) is 29.8 Å². The first kappa shape index (κ1) is 86.7. The first-order valence-corrected chi connectivity index (χ1v) is 40.0. The number of aliphatic hydroxyl groups is 6. The Kier molecular flexibility index (Phi) is 26.9. The summed E-state index contributed by atoms with van der Waals surface area (Å²) in [6.07, 6.45) is -10.7. The van der Waals surface area contributed by atoms with Gasteiger partial charge in [-0.1, -0.05) is 43.6 Å². The van der Waals surface area contributed by atoms with Crippen LogP contribution in [0, 0.1) is 36.5 Å². The van der Waals surface area contributed by atoms with E-state index >= 15 is 28.8 Å². The Bertz CT molecular complexity index is 4870. The molecule has 4 saturated carbocycles. The van der Waals surface area contributed by atoms with E-state index in [0.29, 0.717) is 24.9 Å². The highest BCUT2D eigenvalue weighted by atomic mass is 35.5. The first-order chi connectivity index (χ1) is 57.4. The summed E-state index contributed by atoms with van der Waals surface area (Å²) < 4.78 is 37.5. The molecule has 6 aliphatic heterocycles. The average molecular weight is 1680 g/mol. The van der Waals surface area contributed by atoms with Crippen molar-refractivity contribution in [2.75, 3.05) is 59.4 Å². The standard InChI is InChI=1S/C83H99ClN12O24/c1-35(2)19-51(87-6)75(107)95-67-69(102)40-8-12-55(36(3)20-40)117-58-28-44-29-59(74(58)120-82-73(106)72(105)71(104)60(34-97)119-82)118-56-13-9-41(27-49(56)84)70(103)68-81(113)94-66(79(111)91-63-42-22-37-21-38(24-42)25-43(63)23-37)48-30-45(98)31-54(100)62(48)47-26-39(7-11-53(47)99)64(77(109)96-68)93-78(110)65(44)92-76(108)52(88-80(67)112)33-61(101)90-83(114)89-50-32-46(115-17-15-85-4)10-14-57(50)116-18-16-86-5/h7-14,20,26-32,35,37-38,42-43,51-52,60,63-73,82,85-87,97-100,102-106H,15-19,21-25,33-34H2,1-6H3,(H,88,112)(H,91,111)(H,92,108)(H,93,110)(H,94,113)(H,95,107)(H,96,109)(H2,89,90,101,114)/t37?,38?,42?,43?,51-,52+,60-,63?,64-,65-,66+,67-,68+,69-,70-,71-,72+,73-,82+/m1/s1. The van der Waals surface area contributed by atoms with Crippen LogP contribution >= 0.6 is 11.6 Å². The number of carbonyl (C=O) groups excluding carboxylic acids is 9. The van der Waals surface area contributed by atoms with E-state index in [-0.39, 0.29) is 111 Å². The molecule has 120 heavy (non-hydrogen) atoms. The van der Waals surface area contributed by atoms with Gasteiger partial charge in [0, 0.05) is 42.4 Å². The number of aromatic hydroxyl groups is 3. The Morgan fingerprint density at radius 1 is 0.617 bits per heavy atom. The summed E-state index contributed by atoms with van der Waals surface area (Å²) >= 11 is 7.19. The Morgan fingerprint density at radius 3 is 1.92 bits per heavy atom. The maximum Gasteiger partial charge on any atom is 0.325 e. The van der Waals surface area contributed by atoms with Gasteiger partial charge in [-0.25, -0.2) is 4.79 Å². The molecule has 1 saturated heterocycles. The van der Waals surface area contributed by atoms with E-state index in [1.807, 2.05) is 13.8 Å². The van der Waals surface area contributed by atoms with Gasteiger partial charge in [-0.15, -0.1) is 0 Å². The van der Waals surface area contributed by atoms with E-state index in [2.05, 4.69) is 63.8 Å². The van der Waals surface area contributed by atoms with Crippen molar-refractivity contribution in [3.05, 3.63) is 135 Å². The minimum absolute atomic E-state index is 0.000951. The molecule has 37 heteroatoms. The monoisotopic (exact) mass is 1680 g/mol. The fourth-order valence-corrected chi connectivity index (χ4v) is 17.2. The zero-order valence-electron chi connectivity index (χ0n) is 66.3. The molecule has 15 bridgehead atoms. The number of hydrogen-bond acceptors (Lipinski definition) is 27. The molecular formula is C83H99ClN12O24. The largest absolute Gasteiger partial charge is 0.508 e. The summed E-state index contributed by atoms with van der Waals surface area (Å²) in [5, 5.41) is 137. The van der Waals surface area contributed by atoms with Gasteiger partial charge in [0.25, 0.3) is 0 Å². The predicted molar refractivity (Wildman–Crippen MR) is 427 cm³/mol. The summed E-state index contributed by atoms with van der Waals surface area (Å²) in [5.74, 6) is -12.8. The van der Waals surface area contributed by atoms with Crippen LogP contribution in [-0.2, 0) is 43.1 Å². The zero-order valence-corrected chi connectivity index (χ0v) is 67.1. The first-order valence-electron chi connectivity index (χ1n) is 39.7. The fourth-order valence-electron chi connectivity index (χ4n) is 17.0. The van der Waals surface area contributed by atoms with E-state index in [1.165, 1.54) is 56.4 Å². The molecular weight excluding hydrogens is 1580 g/mol. The lowest BCUT2D eigenvalue weighted by Crippen LogP contribution is -2.60. The molecule has 36 nitrogen and oxygen atoms in total. The van der Waals surface area contributed by atoms with Crippen molar-refractivity contribution < 1.29 is 118 Å². The van der Waals surface area contributed by atoms with E-state index in [1.54, 1.807) is 20.2 Å². The highest BCUT2D eigenvalue weighted by Crippen LogP contribution is 2.55. The summed E-state index contributed by atoms with van der Waals surface area (Å²) in [5.41, 5.74) is -1.91. The zero-order chi connectivity index (χ0) is 85.8. The highest BCUT2D eigenvalue weighted by molar-refractivity contribution is 6.32. The summed E-state index contributed by atoms with van der Waals surface area (Å²) in [4.78, 5) is 139. The van der Waals surface area contributed by atoms with Gasteiger partial charge in [0.1, 0.15) is 126 Å². The van der Waals surface area contributed by atoms with Gasteiger partial charge in [0.15, 0.2) is 11.5 Å². The van der Waals surface area contributed by atoms with E-state index in [4.69, 9.17) is 40.0 Å². The second kappa shape index (κ2) is 37.2. The van der Waals surface area contributed by atoms with Crippen LogP contribution in [0.3, 0.4) is 0 Å². The van der Waals surface area contributed by atoms with Gasteiger partial charge >= 0.3 is 6.03 Å². The van der Waals surface area contributed by atoms with Crippen molar-refractivity contribution in [1.82, 2.24) is 58.5 Å². The van der Waals surface area contributed by atoms with Crippen LogP contribution < -0.4 is 87.5 Å². The van der Waals surface area contributed by atoms with Crippen LogP contribution in [0.4, 0.5) is 10.5 Å². The van der Waals surface area contributed by atoms with Crippen LogP contribution in [-0.4, -0.2) is 214 Å². The molecule has 14 atom stereocenters.